The van der Waals surface area contributed by atoms with Gasteiger partial charge in [0.15, 0.2) is 17.3 Å². The minimum absolute atomic E-state index is 0.0716. The number of nitrogens with one attached hydrogen (secondary N) is 1. The average Bonchev–Trinajstić information content (AvgIpc) is 1.19. The number of aliphatic hydroxyl groups is 1. The highest BCUT2D eigenvalue weighted by Crippen LogP contribution is 2.30. The highest BCUT2D eigenvalue weighted by Gasteiger charge is 2.46. The average molecular weight is 1280 g/mol. The van der Waals surface area contributed by atoms with Gasteiger partial charge < -0.3 is 44.7 Å². The third kappa shape index (κ3) is 22.0. The summed E-state index contributed by atoms with van der Waals surface area (Å²) >= 11 is 0. The van der Waals surface area contributed by atoms with E-state index < -0.39 is 155 Å². The summed E-state index contributed by atoms with van der Waals surface area (Å²) in [5.74, 6) is -10.9. The van der Waals surface area contributed by atoms with Crippen LogP contribution in [0.25, 0.3) is 0 Å². The molecule has 1 fully saturated rings. The van der Waals surface area contributed by atoms with Gasteiger partial charge in [-0.2, -0.15) is 5.10 Å². The maximum Gasteiger partial charge on any atom is 0.246 e. The molecule has 2 heterocycles. The number of carbonyl (C=O) groups excluding carboxylic acids is 11. The lowest BCUT2D eigenvalue weighted by Crippen LogP contribution is -2.61. The van der Waals surface area contributed by atoms with E-state index in [1.165, 1.54) is 90.6 Å². The molecule has 0 spiro atoms. The van der Waals surface area contributed by atoms with Gasteiger partial charge >= 0.3 is 0 Å². The molecule has 0 radical (unpaired) electrons. The Labute approximate surface area is 546 Å². The van der Waals surface area contributed by atoms with E-state index in [9.17, 15) is 38.7 Å². The summed E-state index contributed by atoms with van der Waals surface area (Å²) in [7, 11) is 12.1. The Morgan fingerprint density at radius 3 is 1.38 bits per heavy atom. The van der Waals surface area contributed by atoms with Crippen LogP contribution in [0.4, 0.5) is 0 Å². The molecule has 0 unspecified atom stereocenters. The third-order valence-corrected chi connectivity index (χ3v) is 18.8. The molecule has 1 saturated heterocycles. The van der Waals surface area contributed by atoms with Crippen molar-refractivity contribution in [3.63, 3.8) is 0 Å². The Balaban J connectivity index is 3.01. The first-order valence-corrected chi connectivity index (χ1v) is 33.5. The first-order chi connectivity index (χ1) is 42.1. The van der Waals surface area contributed by atoms with Gasteiger partial charge in [0.25, 0.3) is 0 Å². The number of hydrogen-bond donors (Lipinski definition) is 2. The molecule has 2 N–H and O–H groups in total. The molecular weight excluding hydrogens is 1160 g/mol. The Morgan fingerprint density at radius 1 is 0.495 bits per heavy atom. The molecule has 1 aliphatic rings. The van der Waals surface area contributed by atoms with Crippen LogP contribution in [-0.2, 0) is 66.2 Å². The van der Waals surface area contributed by atoms with E-state index in [4.69, 9.17) is 0 Å². The molecule has 1 aromatic rings. The quantitative estimate of drug-likeness (QED) is 0.164. The number of nitrogens with zero attached hydrogens (tertiary/aromatic N) is 9. The van der Waals surface area contributed by atoms with Crippen LogP contribution in [0, 0.1) is 59.2 Å². The Bertz CT molecular complexity index is 2630. The number of amides is 8. The van der Waals surface area contributed by atoms with Gasteiger partial charge in [0.05, 0.1) is 18.2 Å². The zero-order chi connectivity index (χ0) is 70.1. The molecule has 1 aromatic heterocycles. The molecule has 13 atom stereocenters. The number of carbonyl (C=O) groups is 11. The number of ketones is 3. The van der Waals surface area contributed by atoms with Crippen LogP contribution >= 0.6 is 0 Å². The first-order valence-electron chi connectivity index (χ1n) is 33.5. The van der Waals surface area contributed by atoms with E-state index in [0.717, 1.165) is 5.69 Å². The molecule has 91 heavy (non-hydrogen) atoms. The number of likely N-dealkylation sites (N-methyl/N-ethyl adjacent to an activating group) is 7. The molecule has 0 aliphatic carbocycles. The van der Waals surface area contributed by atoms with Crippen molar-refractivity contribution < 1.29 is 57.8 Å². The Morgan fingerprint density at radius 2 is 0.934 bits per heavy atom. The lowest BCUT2D eigenvalue weighted by atomic mass is 9.84. The van der Waals surface area contributed by atoms with E-state index in [0.29, 0.717) is 19.3 Å². The number of Topliss-reactive ketones (excluding diaryl/α,β-unsaturated/α-hetero) is 3. The molecule has 518 valence electrons. The van der Waals surface area contributed by atoms with Crippen LogP contribution in [0.1, 0.15) is 188 Å². The van der Waals surface area contributed by atoms with Gasteiger partial charge in [0, 0.05) is 105 Å². The van der Waals surface area contributed by atoms with Gasteiger partial charge in [-0.15, -0.1) is 0 Å². The van der Waals surface area contributed by atoms with Crippen molar-refractivity contribution >= 4 is 64.6 Å². The van der Waals surface area contributed by atoms with Gasteiger partial charge in [0.2, 0.25) is 47.3 Å². The normalized spacial score (nSPS) is 26.9. The summed E-state index contributed by atoms with van der Waals surface area (Å²) in [5.41, 5.74) is 0.966. The van der Waals surface area contributed by atoms with Crippen LogP contribution < -0.4 is 5.32 Å². The zero-order valence-electron chi connectivity index (χ0n) is 60.4. The van der Waals surface area contributed by atoms with Crippen molar-refractivity contribution in [2.45, 2.75) is 243 Å². The standard InChI is InChI=1S/C69H120N10O12/c1-26-49-37-58(82)60(61(83)45(14)28-27-29-50-30-31-70-79(50)25)78(24)69(91)59(44(12)13)77(23)68(90)55(35-42(8)9)76(22)67(89)54(34-41(6)7)75(21)63(85)47(16)71-62(84)46(15)36-56(80)52(32-39(2)3)74(20)66(88)51(43(10)11)38-57(81)53(33-40(4)5)73(19)64(86)48(17)72(18)65(49)87/h30-31,39-49,51-55,59-61,83H,26-29,32-38H2,1-25H3,(H,71,84)/t45-,46+,47+,48-,49+,51-,52-,53+,54-,55-,59-,60+,61-/m1/s1. The molecule has 8 amide bonds. The second-order valence-electron chi connectivity index (χ2n) is 28.9. The molecule has 0 saturated carbocycles. The highest BCUT2D eigenvalue weighted by atomic mass is 16.3. The molecule has 0 bridgehead atoms. The van der Waals surface area contributed by atoms with Gasteiger partial charge in [-0.1, -0.05) is 104 Å². The summed E-state index contributed by atoms with van der Waals surface area (Å²) in [4.78, 5) is 172. The summed E-state index contributed by atoms with van der Waals surface area (Å²) < 4.78 is 1.76. The van der Waals surface area contributed by atoms with Crippen molar-refractivity contribution in [1.82, 2.24) is 49.4 Å². The number of aromatic nitrogens is 2. The SMILES string of the molecule is CC[C@H]1CC(=O)[C@@H]([C@H](O)[C@H](C)CCCc2ccnn2C)N(C)C(=O)[C@@H](C(C)C)N(C)C(=O)[C@@H](CC(C)C)N(C)C(=O)[C@@H](CC(C)C)N(C)C(=O)[C@H](C)NC(=O)[C@@H](C)CC(=O)[C@@H](CC(C)C)N(C)C(=O)[C@@H](C(C)C)CC(=O)[C@H](CC(C)C)N(C)C(=O)[C@@H](C)N(C)C1=O. The van der Waals surface area contributed by atoms with Crippen molar-refractivity contribution in [2.75, 3.05) is 49.3 Å². The van der Waals surface area contributed by atoms with Gasteiger partial charge in [-0.05, 0) is 113 Å². The molecule has 1 aliphatic heterocycles. The second-order valence-corrected chi connectivity index (χ2v) is 28.9. The number of aryl methyl sites for hydroxylation is 2. The molecule has 2 rings (SSSR count). The van der Waals surface area contributed by atoms with Crippen LogP contribution in [0.3, 0.4) is 0 Å². The topological polar surface area (TPSA) is 261 Å². The van der Waals surface area contributed by atoms with Crippen molar-refractivity contribution in [1.29, 1.82) is 0 Å². The monoisotopic (exact) mass is 1280 g/mol. The lowest BCUT2D eigenvalue weighted by molar-refractivity contribution is -0.157. The van der Waals surface area contributed by atoms with Crippen molar-refractivity contribution in [2.24, 2.45) is 66.2 Å². The fraction of sp³-hybridized carbons (Fsp3) is 0.797. The Hall–Kier alpha value is -6.06. The van der Waals surface area contributed by atoms with Gasteiger partial charge in [0.1, 0.15) is 36.3 Å². The van der Waals surface area contributed by atoms with Crippen LogP contribution in [0.5, 0.6) is 0 Å². The fourth-order valence-corrected chi connectivity index (χ4v) is 12.7. The number of aliphatic hydroxyl groups excluding tert-OH is 1. The first kappa shape index (κ1) is 81.0. The van der Waals surface area contributed by atoms with Crippen molar-refractivity contribution in [3.8, 4) is 0 Å². The predicted molar refractivity (Wildman–Crippen MR) is 353 cm³/mol. The van der Waals surface area contributed by atoms with E-state index in [-0.39, 0.29) is 74.4 Å². The summed E-state index contributed by atoms with van der Waals surface area (Å²) in [6.45, 7) is 30.4. The summed E-state index contributed by atoms with van der Waals surface area (Å²) in [5, 5.41) is 19.5. The largest absolute Gasteiger partial charge is 0.390 e. The molecule has 22 heteroatoms. The van der Waals surface area contributed by atoms with E-state index >= 15 is 19.2 Å². The number of rotatable bonds is 17. The molecule has 0 aromatic carbocycles. The van der Waals surface area contributed by atoms with E-state index in [2.05, 4.69) is 10.4 Å². The second kappa shape index (κ2) is 36.4. The maximum absolute atomic E-state index is 15.4. The maximum atomic E-state index is 15.4. The summed E-state index contributed by atoms with van der Waals surface area (Å²) in [6, 6.07) is -7.44. The highest BCUT2D eigenvalue weighted by molar-refractivity contribution is 6.00. The van der Waals surface area contributed by atoms with E-state index in [1.54, 1.807) is 52.4 Å². The predicted octanol–water partition coefficient (Wildman–Crippen LogP) is 6.72. The smallest absolute Gasteiger partial charge is 0.246 e. The minimum atomic E-state index is -1.51. The van der Waals surface area contributed by atoms with Gasteiger partial charge in [-0.25, -0.2) is 0 Å². The van der Waals surface area contributed by atoms with Crippen LogP contribution in [-0.4, -0.2) is 218 Å². The van der Waals surface area contributed by atoms with Crippen molar-refractivity contribution in [3.05, 3.63) is 18.0 Å². The van der Waals surface area contributed by atoms with Gasteiger partial charge in [-0.3, -0.25) is 57.4 Å². The van der Waals surface area contributed by atoms with E-state index in [1.807, 2.05) is 82.4 Å². The Kier molecular flexibility index (Phi) is 32.4. The molecular formula is C69H120N10O12. The molecule has 22 nitrogen and oxygen atoms in total. The lowest BCUT2D eigenvalue weighted by Gasteiger charge is -2.41. The van der Waals surface area contributed by atoms with Crippen LogP contribution in [0.15, 0.2) is 12.3 Å². The summed E-state index contributed by atoms with van der Waals surface area (Å²) in [6.07, 6.45) is 1.86. The zero-order valence-corrected chi connectivity index (χ0v) is 60.4. The minimum Gasteiger partial charge on any atom is -0.390 e. The number of hydrogen-bond acceptors (Lipinski definition) is 13. The third-order valence-electron chi connectivity index (χ3n) is 18.8. The fourth-order valence-electron chi connectivity index (χ4n) is 12.7. The van der Waals surface area contributed by atoms with Crippen LogP contribution in [0.2, 0.25) is 0 Å².